The lowest BCUT2D eigenvalue weighted by Gasteiger charge is -2.33. The highest BCUT2D eigenvalue weighted by molar-refractivity contribution is 8.17. The second-order valence-electron chi connectivity index (χ2n) is 23.2. The molecule has 6 aromatic carbocycles. The predicted molar refractivity (Wildman–Crippen MR) is 276 cm³/mol. The third kappa shape index (κ3) is 11.2. The summed E-state index contributed by atoms with van der Waals surface area (Å²) in [5.74, 6) is 0. The van der Waals surface area contributed by atoms with Gasteiger partial charge in [-0.15, -0.1) is 0 Å². The average Bonchev–Trinajstić information content (AvgIpc) is 3.20. The molecule has 62 heavy (non-hydrogen) atoms. The van der Waals surface area contributed by atoms with E-state index in [0.29, 0.717) is 0 Å². The molecule has 0 aliphatic rings. The molecule has 0 spiro atoms. The third-order valence-corrected chi connectivity index (χ3v) is 18.0. The molecule has 6 aromatic rings. The lowest BCUT2D eigenvalue weighted by Crippen LogP contribution is -2.24. The van der Waals surface area contributed by atoms with Gasteiger partial charge in [0.2, 0.25) is 0 Å². The fraction of sp³-hybridized carbons (Fsp3) is 0.400. The summed E-state index contributed by atoms with van der Waals surface area (Å²) in [5.41, 5.74) is 8.92. The molecule has 0 nitrogen and oxygen atoms in total. The first-order valence-corrected chi connectivity index (χ1v) is 25.7. The molecule has 0 fully saturated rings. The van der Waals surface area contributed by atoms with E-state index in [2.05, 4.69) is 256 Å². The standard InChI is InChI=1S/C60H78S2/c1-55(2,3)43-17-29-49(30-18-43)61(50-31-19-44(20-32-50)56(4,5)6)53-37-25-47(26-38-53)59(13,14)41-42-60(15,16)48-27-39-54(40-28-48)62(51-33-21-45(22-34-51)57(7,8)9)52-35-23-46(24-36-52)58(10,11)12/h17-40,61-62H,41-42H2,1-16H3. The zero-order valence-electron chi connectivity index (χ0n) is 41.2. The number of hydrogen-bond donors (Lipinski definition) is 2. The summed E-state index contributed by atoms with van der Waals surface area (Å²) < 4.78 is 0. The smallest absolute Gasteiger partial charge is 0.00450 e. The summed E-state index contributed by atoms with van der Waals surface area (Å²) in [6.45, 7) is 37.3. The van der Waals surface area contributed by atoms with Gasteiger partial charge in [-0.3, -0.25) is 0 Å². The van der Waals surface area contributed by atoms with E-state index in [4.69, 9.17) is 0 Å². The van der Waals surface area contributed by atoms with Crippen molar-refractivity contribution in [3.63, 3.8) is 0 Å². The molecule has 6 rings (SSSR count). The van der Waals surface area contributed by atoms with Crippen molar-refractivity contribution < 1.29 is 0 Å². The van der Waals surface area contributed by atoms with Crippen LogP contribution in [-0.2, 0) is 32.5 Å². The van der Waals surface area contributed by atoms with Crippen LogP contribution in [0.2, 0.25) is 0 Å². The maximum Gasteiger partial charge on any atom is -0.00450 e. The fourth-order valence-electron chi connectivity index (χ4n) is 8.37. The van der Waals surface area contributed by atoms with E-state index in [-0.39, 0.29) is 32.5 Å². The first kappa shape index (κ1) is 47.5. The minimum absolute atomic E-state index is 0.0357. The van der Waals surface area contributed by atoms with E-state index in [1.807, 2.05) is 0 Å². The SMILES string of the molecule is CC(C)(C)c1ccc([SH](c2ccc(C(C)(C)C)cc2)c2ccc(C(C)(C)CCC(C)(C)c3ccc([SH](c4ccc(C(C)(C)C)cc4)c4ccc(C(C)(C)C)cc4)cc3)cc2)cc1. The first-order valence-electron chi connectivity index (χ1n) is 23.0. The van der Waals surface area contributed by atoms with Crippen molar-refractivity contribution in [2.24, 2.45) is 0 Å². The second-order valence-corrected chi connectivity index (χ2v) is 27.7. The van der Waals surface area contributed by atoms with Gasteiger partial charge in [-0.05, 0) is 181 Å². The topological polar surface area (TPSA) is 0 Å². The number of hydrogen-bond acceptors (Lipinski definition) is 0. The highest BCUT2D eigenvalue weighted by atomic mass is 32.2. The molecule has 0 N–H and O–H groups in total. The number of benzene rings is 6. The van der Waals surface area contributed by atoms with Crippen molar-refractivity contribution in [2.75, 3.05) is 0 Å². The Hall–Kier alpha value is -3.98. The molecule has 0 aromatic heterocycles. The third-order valence-electron chi connectivity index (χ3n) is 13.2. The largest absolute Gasteiger partial charge is 0.173 e. The minimum Gasteiger partial charge on any atom is -0.173 e. The lowest BCUT2D eigenvalue weighted by molar-refractivity contribution is 0.374. The Morgan fingerprint density at radius 1 is 0.226 bits per heavy atom. The van der Waals surface area contributed by atoms with Gasteiger partial charge in [0.25, 0.3) is 0 Å². The van der Waals surface area contributed by atoms with Gasteiger partial charge < -0.3 is 0 Å². The van der Waals surface area contributed by atoms with Crippen molar-refractivity contribution >= 4 is 21.8 Å². The van der Waals surface area contributed by atoms with Crippen LogP contribution < -0.4 is 0 Å². The second kappa shape index (κ2) is 17.9. The quantitative estimate of drug-likeness (QED) is 0.119. The van der Waals surface area contributed by atoms with Crippen LogP contribution in [0.4, 0.5) is 0 Å². The summed E-state index contributed by atoms with van der Waals surface area (Å²) in [6, 6.07) is 57.2. The summed E-state index contributed by atoms with van der Waals surface area (Å²) in [5, 5.41) is 0. The minimum atomic E-state index is -0.697. The van der Waals surface area contributed by atoms with Crippen LogP contribution in [0.5, 0.6) is 0 Å². The van der Waals surface area contributed by atoms with Crippen molar-refractivity contribution in [2.45, 2.75) is 185 Å². The van der Waals surface area contributed by atoms with Crippen LogP contribution >= 0.6 is 21.8 Å². The Kier molecular flexibility index (Phi) is 13.7. The molecule has 330 valence electrons. The van der Waals surface area contributed by atoms with Crippen molar-refractivity contribution in [1.82, 2.24) is 0 Å². The van der Waals surface area contributed by atoms with Crippen LogP contribution in [0.15, 0.2) is 175 Å². The predicted octanol–water partition coefficient (Wildman–Crippen LogP) is 17.9. The van der Waals surface area contributed by atoms with Gasteiger partial charge in [-0.1, -0.05) is 184 Å². The molecule has 0 aliphatic carbocycles. The summed E-state index contributed by atoms with van der Waals surface area (Å²) in [4.78, 5) is 8.42. The van der Waals surface area contributed by atoms with Crippen molar-refractivity contribution in [1.29, 1.82) is 0 Å². The molecule has 0 saturated carbocycles. The van der Waals surface area contributed by atoms with E-state index in [1.165, 1.54) is 62.8 Å². The first-order chi connectivity index (χ1) is 28.7. The zero-order chi connectivity index (χ0) is 45.5. The average molecular weight is 863 g/mol. The molecular weight excluding hydrogens is 785 g/mol. The molecule has 0 saturated heterocycles. The highest BCUT2D eigenvalue weighted by Crippen LogP contribution is 2.54. The molecule has 0 bridgehead atoms. The summed E-state index contributed by atoms with van der Waals surface area (Å²) in [6.07, 6.45) is 2.21. The van der Waals surface area contributed by atoms with Crippen molar-refractivity contribution in [3.8, 4) is 0 Å². The van der Waals surface area contributed by atoms with Crippen LogP contribution in [0, 0.1) is 0 Å². The van der Waals surface area contributed by atoms with Gasteiger partial charge in [0.15, 0.2) is 0 Å². The van der Waals surface area contributed by atoms with Crippen molar-refractivity contribution in [3.05, 3.63) is 179 Å². The van der Waals surface area contributed by atoms with Gasteiger partial charge in [0.05, 0.1) is 0 Å². The molecule has 2 heteroatoms. The fourth-order valence-corrected chi connectivity index (χ4v) is 12.8. The number of rotatable bonds is 11. The molecule has 0 heterocycles. The van der Waals surface area contributed by atoms with Crippen LogP contribution in [0.25, 0.3) is 0 Å². The summed E-state index contributed by atoms with van der Waals surface area (Å²) in [7, 11) is -1.39. The van der Waals surface area contributed by atoms with E-state index in [1.54, 1.807) is 0 Å². The van der Waals surface area contributed by atoms with E-state index >= 15 is 0 Å². The molecule has 0 amide bonds. The lowest BCUT2D eigenvalue weighted by atomic mass is 9.73. The molecule has 0 unspecified atom stereocenters. The number of thiol groups is 2. The molecule has 0 atom stereocenters. The Bertz CT molecular complexity index is 2080. The Balaban J connectivity index is 1.23. The molecule has 0 aliphatic heterocycles. The maximum atomic E-state index is 2.43. The Morgan fingerprint density at radius 3 is 0.516 bits per heavy atom. The Labute approximate surface area is 384 Å². The maximum absolute atomic E-state index is 2.43. The molecule has 0 radical (unpaired) electrons. The monoisotopic (exact) mass is 863 g/mol. The van der Waals surface area contributed by atoms with E-state index in [9.17, 15) is 0 Å². The molecular formula is C60H78S2. The zero-order valence-corrected chi connectivity index (χ0v) is 43.0. The van der Waals surface area contributed by atoms with Gasteiger partial charge in [-0.25, -0.2) is 0 Å². The van der Waals surface area contributed by atoms with Gasteiger partial charge >= 0.3 is 0 Å². The highest BCUT2D eigenvalue weighted by Gasteiger charge is 2.29. The normalized spacial score (nSPS) is 13.5. The van der Waals surface area contributed by atoms with E-state index < -0.39 is 21.8 Å². The Morgan fingerprint density at radius 2 is 0.371 bits per heavy atom. The van der Waals surface area contributed by atoms with Crippen LogP contribution in [0.3, 0.4) is 0 Å². The van der Waals surface area contributed by atoms with Gasteiger partial charge in [0, 0.05) is 0 Å². The summed E-state index contributed by atoms with van der Waals surface area (Å²) >= 11 is 0. The van der Waals surface area contributed by atoms with Gasteiger partial charge in [-0.2, -0.15) is 21.8 Å². The van der Waals surface area contributed by atoms with E-state index in [0.717, 1.165) is 12.8 Å². The van der Waals surface area contributed by atoms with Crippen LogP contribution in [0.1, 0.15) is 157 Å². The van der Waals surface area contributed by atoms with Crippen LogP contribution in [-0.4, -0.2) is 0 Å². The van der Waals surface area contributed by atoms with Gasteiger partial charge in [0.1, 0.15) is 0 Å².